The summed E-state index contributed by atoms with van der Waals surface area (Å²) in [5, 5.41) is 11.3. The molecule has 0 N–H and O–H groups in total. The molecule has 11 heteroatoms. The van der Waals surface area contributed by atoms with Gasteiger partial charge in [0.2, 0.25) is 11.0 Å². The van der Waals surface area contributed by atoms with E-state index in [9.17, 15) is 13.2 Å². The van der Waals surface area contributed by atoms with Crippen molar-refractivity contribution in [3.63, 3.8) is 0 Å². The molecule has 0 aliphatic heterocycles. The molecule has 20 heavy (non-hydrogen) atoms. The van der Waals surface area contributed by atoms with Crippen molar-refractivity contribution in [2.24, 2.45) is 0 Å². The molecular weight excluding hydrogens is 317 g/mol. The third-order valence-corrected chi connectivity index (χ3v) is 3.54. The molecule has 0 saturated heterocycles. The second-order valence-electron chi connectivity index (χ2n) is 4.09. The molecule has 1 aliphatic carbocycles. The zero-order chi connectivity index (χ0) is 14.3. The van der Waals surface area contributed by atoms with Gasteiger partial charge in [0.25, 0.3) is 0 Å². The zero-order valence-electron chi connectivity index (χ0n) is 9.67. The van der Waals surface area contributed by atoms with E-state index in [1.807, 2.05) is 0 Å². The van der Waals surface area contributed by atoms with Gasteiger partial charge in [-0.3, -0.25) is 0 Å². The number of alkyl halides is 3. The maximum absolute atomic E-state index is 12.6. The van der Waals surface area contributed by atoms with Crippen molar-refractivity contribution < 1.29 is 13.2 Å². The summed E-state index contributed by atoms with van der Waals surface area (Å²) < 4.78 is 39.4. The number of hydrogen-bond acceptors (Lipinski definition) is 6. The van der Waals surface area contributed by atoms with Crippen molar-refractivity contribution in [1.29, 1.82) is 0 Å². The van der Waals surface area contributed by atoms with Crippen molar-refractivity contribution >= 4 is 23.4 Å². The minimum atomic E-state index is -4.65. The van der Waals surface area contributed by atoms with Gasteiger partial charge in [-0.1, -0.05) is 11.6 Å². The molecule has 1 saturated carbocycles. The molecule has 0 amide bonds. The van der Waals surface area contributed by atoms with Gasteiger partial charge in [-0.05, 0) is 35.0 Å². The first kappa shape index (κ1) is 13.6. The highest BCUT2D eigenvalue weighted by Crippen LogP contribution is 2.38. The third kappa shape index (κ3) is 2.85. The maximum Gasteiger partial charge on any atom is 0.451 e. The van der Waals surface area contributed by atoms with Gasteiger partial charge in [-0.15, -0.1) is 5.10 Å². The molecule has 6 nitrogen and oxygen atoms in total. The van der Waals surface area contributed by atoms with Crippen molar-refractivity contribution in [2.45, 2.75) is 35.2 Å². The molecule has 0 spiro atoms. The summed E-state index contributed by atoms with van der Waals surface area (Å²) in [6.07, 6.45) is -2.74. The Morgan fingerprint density at radius 3 is 2.70 bits per heavy atom. The van der Waals surface area contributed by atoms with Crippen LogP contribution in [-0.4, -0.2) is 30.2 Å². The third-order valence-electron chi connectivity index (χ3n) is 2.48. The van der Waals surface area contributed by atoms with Crippen molar-refractivity contribution in [3.05, 3.63) is 17.0 Å². The van der Waals surface area contributed by atoms with E-state index >= 15 is 0 Å². The molecule has 0 aromatic carbocycles. The van der Waals surface area contributed by atoms with E-state index < -0.39 is 12.0 Å². The Kier molecular flexibility index (Phi) is 3.28. The normalized spacial score (nSPS) is 15.6. The topological polar surface area (TPSA) is 69.4 Å². The van der Waals surface area contributed by atoms with Gasteiger partial charge in [-0.2, -0.15) is 13.2 Å². The summed E-state index contributed by atoms with van der Waals surface area (Å²) in [5.41, 5.74) is 0. The summed E-state index contributed by atoms with van der Waals surface area (Å²) in [6, 6.07) is 1.46. The Morgan fingerprint density at radius 2 is 2.05 bits per heavy atom. The van der Waals surface area contributed by atoms with E-state index in [0.717, 1.165) is 24.6 Å². The SMILES string of the molecule is FC(F)(F)c1nc(Cl)cc(Sc2nnnn2C2CC2)n1. The minimum Gasteiger partial charge on any atom is -0.217 e. The van der Waals surface area contributed by atoms with Crippen molar-refractivity contribution in [2.75, 3.05) is 0 Å². The molecule has 2 heterocycles. The van der Waals surface area contributed by atoms with Gasteiger partial charge in [-0.25, -0.2) is 14.6 Å². The van der Waals surface area contributed by atoms with Gasteiger partial charge in [0.15, 0.2) is 0 Å². The number of hydrogen-bond donors (Lipinski definition) is 0. The van der Waals surface area contributed by atoms with Crippen LogP contribution in [0.15, 0.2) is 16.2 Å². The van der Waals surface area contributed by atoms with Crippen LogP contribution in [0.1, 0.15) is 24.7 Å². The van der Waals surface area contributed by atoms with Crippen molar-refractivity contribution in [3.8, 4) is 0 Å². The molecule has 0 atom stereocenters. The maximum atomic E-state index is 12.6. The van der Waals surface area contributed by atoms with E-state index in [-0.39, 0.29) is 16.2 Å². The predicted octanol–water partition coefficient (Wildman–Crippen LogP) is 2.62. The first-order valence-electron chi connectivity index (χ1n) is 5.51. The molecule has 106 valence electrons. The standard InChI is InChI=1S/C9H6ClF3N6S/c10-5-3-6(15-7(14-5)9(11,12)13)20-8-16-17-18-19(8)4-1-2-4/h3-4H,1-2H2. The number of rotatable bonds is 3. The largest absolute Gasteiger partial charge is 0.451 e. The van der Waals surface area contributed by atoms with Crippen LogP contribution in [0.4, 0.5) is 13.2 Å². The molecule has 0 radical (unpaired) electrons. The molecule has 2 aromatic heterocycles. The predicted molar refractivity (Wildman–Crippen MR) is 62.3 cm³/mol. The lowest BCUT2D eigenvalue weighted by molar-refractivity contribution is -0.145. The van der Waals surface area contributed by atoms with E-state index in [2.05, 4.69) is 25.5 Å². The van der Waals surface area contributed by atoms with Crippen LogP contribution in [0.3, 0.4) is 0 Å². The average Bonchev–Trinajstić information content (AvgIpc) is 3.09. The quantitative estimate of drug-likeness (QED) is 0.809. The van der Waals surface area contributed by atoms with Crippen LogP contribution in [0.25, 0.3) is 0 Å². The molecule has 1 aliphatic rings. The summed E-state index contributed by atoms with van der Waals surface area (Å²) in [4.78, 5) is 6.60. The summed E-state index contributed by atoms with van der Waals surface area (Å²) >= 11 is 6.51. The fourth-order valence-electron chi connectivity index (χ4n) is 1.47. The molecule has 3 rings (SSSR count). The number of aromatic nitrogens is 6. The Balaban J connectivity index is 1.90. The summed E-state index contributed by atoms with van der Waals surface area (Å²) in [7, 11) is 0. The highest BCUT2D eigenvalue weighted by Gasteiger charge is 2.35. The monoisotopic (exact) mass is 322 g/mol. The van der Waals surface area contributed by atoms with Crippen LogP contribution in [0.2, 0.25) is 5.15 Å². The van der Waals surface area contributed by atoms with Crippen LogP contribution in [-0.2, 0) is 6.18 Å². The van der Waals surface area contributed by atoms with Crippen LogP contribution >= 0.6 is 23.4 Å². The summed E-state index contributed by atoms with van der Waals surface area (Å²) in [6.45, 7) is 0. The molecule has 2 aromatic rings. The fraction of sp³-hybridized carbons (Fsp3) is 0.444. The first-order valence-corrected chi connectivity index (χ1v) is 6.70. The molecule has 0 unspecified atom stereocenters. The lowest BCUT2D eigenvalue weighted by Crippen LogP contribution is -2.11. The Hall–Kier alpha value is -1.42. The van der Waals surface area contributed by atoms with Gasteiger partial charge in [0.05, 0.1) is 6.04 Å². The van der Waals surface area contributed by atoms with E-state index in [4.69, 9.17) is 11.6 Å². The lowest BCUT2D eigenvalue weighted by Gasteiger charge is -2.07. The second kappa shape index (κ2) is 4.85. The van der Waals surface area contributed by atoms with Crippen LogP contribution in [0.5, 0.6) is 0 Å². The molecular formula is C9H6ClF3N6S. The lowest BCUT2D eigenvalue weighted by atomic mass is 10.5. The number of nitrogens with zero attached hydrogens (tertiary/aromatic N) is 6. The van der Waals surface area contributed by atoms with Gasteiger partial charge in [0, 0.05) is 6.07 Å². The van der Waals surface area contributed by atoms with Gasteiger partial charge < -0.3 is 0 Å². The Morgan fingerprint density at radius 1 is 1.30 bits per heavy atom. The minimum absolute atomic E-state index is 0.0500. The molecule has 1 fully saturated rings. The molecule has 0 bridgehead atoms. The van der Waals surface area contributed by atoms with E-state index in [1.165, 1.54) is 6.07 Å². The summed E-state index contributed by atoms with van der Waals surface area (Å²) in [5.74, 6) is -1.28. The first-order chi connectivity index (χ1) is 9.43. The highest BCUT2D eigenvalue weighted by molar-refractivity contribution is 7.99. The van der Waals surface area contributed by atoms with Crippen LogP contribution < -0.4 is 0 Å². The second-order valence-corrected chi connectivity index (χ2v) is 5.46. The van der Waals surface area contributed by atoms with Crippen LogP contribution in [0, 0.1) is 0 Å². The van der Waals surface area contributed by atoms with E-state index in [0.29, 0.717) is 5.16 Å². The smallest absolute Gasteiger partial charge is 0.217 e. The number of tetrazole rings is 1. The zero-order valence-corrected chi connectivity index (χ0v) is 11.2. The van der Waals surface area contributed by atoms with Gasteiger partial charge >= 0.3 is 6.18 Å². The Bertz CT molecular complexity index is 641. The number of halogens is 4. The Labute approximate surface area is 119 Å². The van der Waals surface area contributed by atoms with Crippen molar-refractivity contribution in [1.82, 2.24) is 30.2 Å². The van der Waals surface area contributed by atoms with E-state index in [1.54, 1.807) is 4.68 Å². The highest BCUT2D eigenvalue weighted by atomic mass is 35.5. The fourth-order valence-corrected chi connectivity index (χ4v) is 2.56. The van der Waals surface area contributed by atoms with Gasteiger partial charge in [0.1, 0.15) is 10.2 Å². The average molecular weight is 323 g/mol.